The lowest BCUT2D eigenvalue weighted by atomic mass is 9.87. The maximum Gasteiger partial charge on any atom is 0.300 e. The summed E-state index contributed by atoms with van der Waals surface area (Å²) in [7, 11) is 1.56. The van der Waals surface area contributed by atoms with E-state index >= 15 is 0 Å². The highest BCUT2D eigenvalue weighted by atomic mass is 16.5. The number of aliphatic hydroxyl groups excluding tert-OH is 1. The fourth-order valence-electron chi connectivity index (χ4n) is 5.20. The molecule has 1 saturated heterocycles. The zero-order chi connectivity index (χ0) is 30.0. The average Bonchev–Trinajstić information content (AvgIpc) is 3.26. The van der Waals surface area contributed by atoms with Crippen LogP contribution in [0.15, 0.2) is 103 Å². The number of Topliss-reactive ketones (excluding diaryl/α,β-unsaturated/α-hetero) is 1. The van der Waals surface area contributed by atoms with Gasteiger partial charge in [-0.25, -0.2) is 0 Å². The van der Waals surface area contributed by atoms with Gasteiger partial charge in [-0.2, -0.15) is 0 Å². The third-order valence-electron chi connectivity index (χ3n) is 7.55. The molecule has 1 atom stereocenters. The van der Waals surface area contributed by atoms with Gasteiger partial charge in [-0.3, -0.25) is 14.5 Å². The van der Waals surface area contributed by atoms with E-state index in [0.717, 1.165) is 16.7 Å². The molecule has 6 nitrogen and oxygen atoms in total. The molecule has 0 radical (unpaired) electrons. The highest BCUT2D eigenvalue weighted by Gasteiger charge is 2.47. The van der Waals surface area contributed by atoms with Crippen LogP contribution in [0.5, 0.6) is 11.5 Å². The van der Waals surface area contributed by atoms with E-state index in [4.69, 9.17) is 9.47 Å². The van der Waals surface area contributed by atoms with Gasteiger partial charge in [0.1, 0.15) is 23.9 Å². The van der Waals surface area contributed by atoms with Gasteiger partial charge in [0.25, 0.3) is 11.7 Å². The number of amides is 1. The van der Waals surface area contributed by atoms with Crippen LogP contribution in [-0.4, -0.2) is 23.9 Å². The average molecular weight is 562 g/mol. The lowest BCUT2D eigenvalue weighted by Crippen LogP contribution is -2.29. The monoisotopic (exact) mass is 561 g/mol. The van der Waals surface area contributed by atoms with Crippen LogP contribution >= 0.6 is 0 Å². The van der Waals surface area contributed by atoms with E-state index in [2.05, 4.69) is 20.8 Å². The summed E-state index contributed by atoms with van der Waals surface area (Å²) in [5.74, 6) is -0.446. The highest BCUT2D eigenvalue weighted by Crippen LogP contribution is 2.43. The predicted octanol–water partition coefficient (Wildman–Crippen LogP) is 7.51. The van der Waals surface area contributed by atoms with Crippen LogP contribution in [-0.2, 0) is 21.6 Å². The number of hydrogen-bond acceptors (Lipinski definition) is 5. The third kappa shape index (κ3) is 5.66. The third-order valence-corrected chi connectivity index (χ3v) is 7.55. The first-order chi connectivity index (χ1) is 20.1. The molecule has 1 aliphatic rings. The van der Waals surface area contributed by atoms with Crippen LogP contribution in [0.3, 0.4) is 0 Å². The molecule has 1 N–H and O–H groups in total. The Bertz CT molecular complexity index is 1650. The first kappa shape index (κ1) is 28.7. The van der Waals surface area contributed by atoms with Crippen LogP contribution in [0.2, 0.25) is 0 Å². The fourth-order valence-corrected chi connectivity index (χ4v) is 5.20. The summed E-state index contributed by atoms with van der Waals surface area (Å²) in [6.45, 7) is 8.63. The van der Waals surface area contributed by atoms with Gasteiger partial charge in [-0.15, -0.1) is 0 Å². The van der Waals surface area contributed by atoms with Crippen molar-refractivity contribution in [3.63, 3.8) is 0 Å². The lowest BCUT2D eigenvalue weighted by molar-refractivity contribution is -0.132. The maximum atomic E-state index is 13.6. The molecule has 1 amide bonds. The van der Waals surface area contributed by atoms with Crippen LogP contribution in [0.4, 0.5) is 5.69 Å². The number of hydrogen-bond donors (Lipinski definition) is 1. The first-order valence-corrected chi connectivity index (χ1v) is 13.9. The molecule has 1 fully saturated rings. The number of ketones is 1. The molecular formula is C36H35NO5. The molecule has 0 spiro atoms. The Hall–Kier alpha value is -4.84. The van der Waals surface area contributed by atoms with Gasteiger partial charge >= 0.3 is 0 Å². The number of rotatable bonds is 7. The van der Waals surface area contributed by atoms with E-state index in [1.807, 2.05) is 67.6 Å². The SMILES string of the molecule is COc1cccc(C2/C(=C(/O)c3ccc(OCc4ccccc4)c(C)c3)C(=O)C(=O)N2c2ccc(C(C)(C)C)cc2)c1. The Morgan fingerprint density at radius 1 is 0.881 bits per heavy atom. The quantitative estimate of drug-likeness (QED) is 0.144. The molecule has 0 aliphatic carbocycles. The molecule has 5 rings (SSSR count). The van der Waals surface area contributed by atoms with Crippen molar-refractivity contribution in [3.8, 4) is 11.5 Å². The van der Waals surface area contributed by atoms with Crippen molar-refractivity contribution in [1.82, 2.24) is 0 Å². The van der Waals surface area contributed by atoms with Crippen molar-refractivity contribution in [3.05, 3.63) is 130 Å². The van der Waals surface area contributed by atoms with Gasteiger partial charge in [-0.05, 0) is 77.1 Å². The number of nitrogens with zero attached hydrogens (tertiary/aromatic N) is 1. The predicted molar refractivity (Wildman–Crippen MR) is 165 cm³/mol. The minimum atomic E-state index is -0.852. The number of aliphatic hydroxyl groups is 1. The molecule has 214 valence electrons. The van der Waals surface area contributed by atoms with Gasteiger partial charge in [0, 0.05) is 11.3 Å². The molecule has 1 unspecified atom stereocenters. The second kappa shape index (κ2) is 11.6. The number of methoxy groups -OCH3 is 1. The summed E-state index contributed by atoms with van der Waals surface area (Å²) in [6, 6.07) is 29.1. The molecule has 0 bridgehead atoms. The lowest BCUT2D eigenvalue weighted by Gasteiger charge is -2.27. The van der Waals surface area contributed by atoms with Gasteiger partial charge in [-0.1, -0.05) is 75.4 Å². The number of ether oxygens (including phenoxy) is 2. The molecule has 6 heteroatoms. The summed E-state index contributed by atoms with van der Waals surface area (Å²) in [5.41, 5.74) is 4.52. The van der Waals surface area contributed by atoms with Crippen LogP contribution in [0, 0.1) is 6.92 Å². The van der Waals surface area contributed by atoms with E-state index in [0.29, 0.717) is 34.9 Å². The number of carbonyl (C=O) groups is 2. The van der Waals surface area contributed by atoms with Crippen molar-refractivity contribution in [2.45, 2.75) is 45.8 Å². The van der Waals surface area contributed by atoms with E-state index in [9.17, 15) is 14.7 Å². The summed E-state index contributed by atoms with van der Waals surface area (Å²) in [5, 5.41) is 11.6. The van der Waals surface area contributed by atoms with Crippen molar-refractivity contribution >= 4 is 23.1 Å². The topological polar surface area (TPSA) is 76.1 Å². The molecule has 4 aromatic rings. The van der Waals surface area contributed by atoms with Crippen molar-refractivity contribution < 1.29 is 24.2 Å². The Labute approximate surface area is 246 Å². The molecule has 1 aliphatic heterocycles. The fraction of sp³-hybridized carbons (Fsp3) is 0.222. The molecule has 42 heavy (non-hydrogen) atoms. The highest BCUT2D eigenvalue weighted by molar-refractivity contribution is 6.51. The van der Waals surface area contributed by atoms with E-state index in [1.165, 1.54) is 4.90 Å². The molecule has 1 heterocycles. The Kier molecular flexibility index (Phi) is 7.90. The molecule has 4 aromatic carbocycles. The zero-order valence-corrected chi connectivity index (χ0v) is 24.5. The minimum Gasteiger partial charge on any atom is -0.507 e. The van der Waals surface area contributed by atoms with Gasteiger partial charge in [0.2, 0.25) is 0 Å². The van der Waals surface area contributed by atoms with Crippen LogP contribution in [0.1, 0.15) is 54.6 Å². The normalized spacial score (nSPS) is 16.5. The zero-order valence-electron chi connectivity index (χ0n) is 24.5. The largest absolute Gasteiger partial charge is 0.507 e. The summed E-state index contributed by atoms with van der Waals surface area (Å²) in [6.07, 6.45) is 0. The first-order valence-electron chi connectivity index (χ1n) is 13.9. The minimum absolute atomic E-state index is 0.0190. The van der Waals surface area contributed by atoms with Crippen LogP contribution < -0.4 is 14.4 Å². The number of benzene rings is 4. The van der Waals surface area contributed by atoms with E-state index in [-0.39, 0.29) is 16.7 Å². The smallest absolute Gasteiger partial charge is 0.300 e. The molecule has 0 aromatic heterocycles. The van der Waals surface area contributed by atoms with Gasteiger partial charge in [0.15, 0.2) is 0 Å². The van der Waals surface area contributed by atoms with E-state index < -0.39 is 17.7 Å². The van der Waals surface area contributed by atoms with Crippen LogP contribution in [0.25, 0.3) is 5.76 Å². The maximum absolute atomic E-state index is 13.6. The van der Waals surface area contributed by atoms with Crippen molar-refractivity contribution in [2.75, 3.05) is 12.0 Å². The number of carbonyl (C=O) groups excluding carboxylic acids is 2. The summed E-state index contributed by atoms with van der Waals surface area (Å²) >= 11 is 0. The molecule has 0 saturated carbocycles. The summed E-state index contributed by atoms with van der Waals surface area (Å²) in [4.78, 5) is 28.7. The Morgan fingerprint density at radius 3 is 2.24 bits per heavy atom. The van der Waals surface area contributed by atoms with Crippen molar-refractivity contribution in [2.24, 2.45) is 0 Å². The van der Waals surface area contributed by atoms with Gasteiger partial charge < -0.3 is 14.6 Å². The summed E-state index contributed by atoms with van der Waals surface area (Å²) < 4.78 is 11.5. The van der Waals surface area contributed by atoms with Crippen molar-refractivity contribution in [1.29, 1.82) is 0 Å². The number of aryl methyl sites for hydroxylation is 1. The Morgan fingerprint density at radius 2 is 1.60 bits per heavy atom. The van der Waals surface area contributed by atoms with Gasteiger partial charge in [0.05, 0.1) is 18.7 Å². The molecular weight excluding hydrogens is 526 g/mol. The second-order valence-electron chi connectivity index (χ2n) is 11.5. The van der Waals surface area contributed by atoms with E-state index in [1.54, 1.807) is 43.5 Å². The Balaban J connectivity index is 1.57. The standard InChI is InChI=1S/C36H35NO5/c1-23-20-26(14-19-30(23)42-22-24-10-7-6-8-11-24)33(38)31-32(25-12-9-13-29(21-25)41-5)37(35(40)34(31)39)28-17-15-27(16-18-28)36(2,3)4/h6-21,32,38H,22H2,1-5H3/b33-31-. The second-order valence-corrected chi connectivity index (χ2v) is 11.5. The number of anilines is 1.